The smallest absolute Gasteiger partial charge is 0.394 e. The van der Waals surface area contributed by atoms with Crippen LogP contribution in [0, 0.1) is 18.8 Å². The summed E-state index contributed by atoms with van der Waals surface area (Å²) in [5, 5.41) is 14.1. The minimum Gasteiger partial charge on any atom is -0.481 e. The Labute approximate surface area is 153 Å². The average Bonchev–Trinajstić information content (AvgIpc) is 3.03. The molecule has 27 heavy (non-hydrogen) atoms. The molecule has 1 saturated heterocycles. The monoisotopic (exact) mass is 387 g/mol. The first-order valence-electron chi connectivity index (χ1n) is 8.28. The van der Waals surface area contributed by atoms with Crippen LogP contribution in [-0.4, -0.2) is 53.7 Å². The molecule has 0 saturated carbocycles. The lowest BCUT2D eigenvalue weighted by molar-refractivity contribution is -0.187. The predicted molar refractivity (Wildman–Crippen MR) is 90.4 cm³/mol. The van der Waals surface area contributed by atoms with Crippen molar-refractivity contribution in [3.63, 3.8) is 0 Å². The summed E-state index contributed by atoms with van der Waals surface area (Å²) in [4.78, 5) is 36.2. The van der Waals surface area contributed by atoms with Crippen LogP contribution < -0.4 is 10.6 Å². The highest BCUT2D eigenvalue weighted by Gasteiger charge is 2.53. The molecule has 3 amide bonds. The van der Waals surface area contributed by atoms with Crippen molar-refractivity contribution in [3.8, 4) is 0 Å². The first-order valence-corrected chi connectivity index (χ1v) is 8.28. The van der Waals surface area contributed by atoms with Gasteiger partial charge in [0.25, 0.3) is 5.91 Å². The third-order valence-corrected chi connectivity index (χ3v) is 4.42. The molecule has 0 bridgehead atoms. The van der Waals surface area contributed by atoms with E-state index in [9.17, 15) is 27.6 Å². The summed E-state index contributed by atoms with van der Waals surface area (Å²) < 4.78 is 39.1. The van der Waals surface area contributed by atoms with Gasteiger partial charge in [-0.25, -0.2) is 4.79 Å². The summed E-state index contributed by atoms with van der Waals surface area (Å²) >= 11 is 0. The largest absolute Gasteiger partial charge is 0.481 e. The maximum absolute atomic E-state index is 13.0. The molecule has 2 atom stereocenters. The van der Waals surface area contributed by atoms with Gasteiger partial charge >= 0.3 is 18.2 Å². The number of hydrogen-bond donors (Lipinski definition) is 3. The molecule has 0 spiro atoms. The van der Waals surface area contributed by atoms with Crippen LogP contribution >= 0.6 is 0 Å². The number of halogens is 3. The van der Waals surface area contributed by atoms with E-state index in [1.165, 1.54) is 6.07 Å². The lowest BCUT2D eigenvalue weighted by Crippen LogP contribution is -2.35. The second-order valence-corrected chi connectivity index (χ2v) is 6.32. The lowest BCUT2D eigenvalue weighted by atomic mass is 9.96. The summed E-state index contributed by atoms with van der Waals surface area (Å²) in [5.41, 5.74) is 1.17. The molecular formula is C17H20F3N3O4. The van der Waals surface area contributed by atoms with Gasteiger partial charge < -0.3 is 20.6 Å². The quantitative estimate of drug-likeness (QED) is 0.739. The number of carbonyl (C=O) groups excluding carboxylic acids is 2. The van der Waals surface area contributed by atoms with Gasteiger partial charge in [-0.3, -0.25) is 9.59 Å². The first-order chi connectivity index (χ1) is 12.5. The molecule has 1 aromatic rings. The van der Waals surface area contributed by atoms with E-state index in [-0.39, 0.29) is 17.2 Å². The lowest BCUT2D eigenvalue weighted by Gasteiger charge is -2.19. The molecule has 0 unspecified atom stereocenters. The minimum atomic E-state index is -4.72. The Morgan fingerprint density at radius 3 is 2.44 bits per heavy atom. The molecule has 10 heteroatoms. The highest BCUT2D eigenvalue weighted by Crippen LogP contribution is 2.38. The van der Waals surface area contributed by atoms with Crippen LogP contribution in [0.4, 0.5) is 23.7 Å². The number of likely N-dealkylation sites (tertiary alicyclic amines) is 1. The van der Waals surface area contributed by atoms with E-state index in [0.29, 0.717) is 12.1 Å². The number of aryl methyl sites for hydroxylation is 1. The number of carbonyl (C=O) groups is 3. The SMILES string of the molecule is CCNC(=O)c1ccc(C)c(NC(=O)N2C[C@@H](C(F)(F)F)[C@H](C(=O)O)C2)c1. The number of nitrogens with one attached hydrogen (secondary N) is 2. The fraction of sp³-hybridized carbons (Fsp3) is 0.471. The second-order valence-electron chi connectivity index (χ2n) is 6.32. The Hall–Kier alpha value is -2.78. The number of hydrogen-bond acceptors (Lipinski definition) is 3. The van der Waals surface area contributed by atoms with E-state index in [4.69, 9.17) is 5.11 Å². The Morgan fingerprint density at radius 2 is 1.93 bits per heavy atom. The molecule has 0 aromatic heterocycles. The number of urea groups is 1. The van der Waals surface area contributed by atoms with Crippen LogP contribution in [-0.2, 0) is 4.79 Å². The number of carboxylic acid groups (broad SMARTS) is 1. The third-order valence-electron chi connectivity index (χ3n) is 4.42. The summed E-state index contributed by atoms with van der Waals surface area (Å²) in [6.07, 6.45) is -4.72. The van der Waals surface area contributed by atoms with E-state index in [1.807, 2.05) is 0 Å². The number of nitrogens with zero attached hydrogens (tertiary/aromatic N) is 1. The van der Waals surface area contributed by atoms with Crippen LogP contribution in [0.1, 0.15) is 22.8 Å². The Balaban J connectivity index is 2.17. The Morgan fingerprint density at radius 1 is 1.26 bits per heavy atom. The molecule has 0 radical (unpaired) electrons. The zero-order valence-corrected chi connectivity index (χ0v) is 14.8. The first kappa shape index (κ1) is 20.5. The number of benzene rings is 1. The number of alkyl halides is 3. The van der Waals surface area contributed by atoms with Gasteiger partial charge in [-0.15, -0.1) is 0 Å². The van der Waals surface area contributed by atoms with Gasteiger partial charge in [-0.05, 0) is 31.5 Å². The maximum atomic E-state index is 13.0. The van der Waals surface area contributed by atoms with E-state index in [1.54, 1.807) is 26.0 Å². The van der Waals surface area contributed by atoms with E-state index in [2.05, 4.69) is 10.6 Å². The summed E-state index contributed by atoms with van der Waals surface area (Å²) in [6.45, 7) is 2.55. The average molecular weight is 387 g/mol. The van der Waals surface area contributed by atoms with Gasteiger partial charge in [0.1, 0.15) is 0 Å². The van der Waals surface area contributed by atoms with Crippen molar-refractivity contribution in [2.45, 2.75) is 20.0 Å². The van der Waals surface area contributed by atoms with E-state index >= 15 is 0 Å². The molecule has 1 aliphatic heterocycles. The zero-order chi connectivity index (χ0) is 20.4. The number of amides is 3. The second kappa shape index (κ2) is 7.85. The minimum absolute atomic E-state index is 0.270. The van der Waals surface area contributed by atoms with Crippen molar-refractivity contribution in [1.82, 2.24) is 10.2 Å². The van der Waals surface area contributed by atoms with Gasteiger partial charge in [0.2, 0.25) is 0 Å². The molecular weight excluding hydrogens is 367 g/mol. The Bertz CT molecular complexity index is 751. The van der Waals surface area contributed by atoms with Crippen LogP contribution in [0.15, 0.2) is 18.2 Å². The maximum Gasteiger partial charge on any atom is 0.394 e. The fourth-order valence-corrected chi connectivity index (χ4v) is 2.91. The van der Waals surface area contributed by atoms with E-state index < -0.39 is 43.1 Å². The number of anilines is 1. The standard InChI is InChI=1S/C17H20F3N3O4/c1-3-21-14(24)10-5-4-9(2)13(6-10)22-16(27)23-7-11(15(25)26)12(8-23)17(18,19)20/h4-6,11-12H,3,7-8H2,1-2H3,(H,21,24)(H,22,27)(H,25,26)/t11-,12-/m1/s1. The van der Waals surface area contributed by atoms with Crippen LogP contribution in [0.2, 0.25) is 0 Å². The van der Waals surface area contributed by atoms with Crippen molar-refractivity contribution in [1.29, 1.82) is 0 Å². The van der Waals surface area contributed by atoms with Crippen LogP contribution in [0.3, 0.4) is 0 Å². The van der Waals surface area contributed by atoms with Gasteiger partial charge in [0.15, 0.2) is 0 Å². The molecule has 148 valence electrons. The highest BCUT2D eigenvalue weighted by atomic mass is 19.4. The van der Waals surface area contributed by atoms with Crippen molar-refractivity contribution in [2.24, 2.45) is 11.8 Å². The van der Waals surface area contributed by atoms with Crippen LogP contribution in [0.5, 0.6) is 0 Å². The highest BCUT2D eigenvalue weighted by molar-refractivity contribution is 5.97. The van der Waals surface area contributed by atoms with Crippen molar-refractivity contribution in [2.75, 3.05) is 25.0 Å². The molecule has 1 aliphatic rings. The van der Waals surface area contributed by atoms with Crippen molar-refractivity contribution in [3.05, 3.63) is 29.3 Å². The van der Waals surface area contributed by atoms with E-state index in [0.717, 1.165) is 4.90 Å². The Kier molecular flexibility index (Phi) is 5.97. The molecule has 2 rings (SSSR count). The van der Waals surface area contributed by atoms with Gasteiger partial charge in [0.05, 0.1) is 11.8 Å². The van der Waals surface area contributed by atoms with Crippen LogP contribution in [0.25, 0.3) is 0 Å². The summed E-state index contributed by atoms with van der Waals surface area (Å²) in [7, 11) is 0. The van der Waals surface area contributed by atoms with Crippen molar-refractivity contribution >= 4 is 23.6 Å². The molecule has 1 aromatic carbocycles. The number of aliphatic carboxylic acids is 1. The summed E-state index contributed by atoms with van der Waals surface area (Å²) in [5.74, 6) is -5.78. The van der Waals surface area contributed by atoms with Gasteiger partial charge in [-0.2, -0.15) is 13.2 Å². The molecule has 0 aliphatic carbocycles. The van der Waals surface area contributed by atoms with Crippen molar-refractivity contribution < 1.29 is 32.7 Å². The molecule has 3 N–H and O–H groups in total. The topological polar surface area (TPSA) is 98.7 Å². The normalized spacial score (nSPS) is 19.7. The molecule has 1 heterocycles. The molecule has 7 nitrogen and oxygen atoms in total. The molecule has 1 fully saturated rings. The summed E-state index contributed by atoms with van der Waals surface area (Å²) in [6, 6.07) is 3.74. The third kappa shape index (κ3) is 4.69. The fourth-order valence-electron chi connectivity index (χ4n) is 2.91. The zero-order valence-electron chi connectivity index (χ0n) is 14.8. The number of carboxylic acids is 1. The van der Waals surface area contributed by atoms with Gasteiger partial charge in [-0.1, -0.05) is 6.07 Å². The van der Waals surface area contributed by atoms with Gasteiger partial charge in [0, 0.05) is 30.9 Å². The number of rotatable bonds is 4. The predicted octanol–water partition coefficient (Wildman–Crippen LogP) is 2.47.